The van der Waals surface area contributed by atoms with Crippen molar-refractivity contribution >= 4 is 17.6 Å². The van der Waals surface area contributed by atoms with Crippen molar-refractivity contribution < 1.29 is 19.1 Å². The molecule has 7 nitrogen and oxygen atoms in total. The summed E-state index contributed by atoms with van der Waals surface area (Å²) in [6.45, 7) is 0. The maximum atomic E-state index is 14.0. The summed E-state index contributed by atoms with van der Waals surface area (Å²) in [5.41, 5.74) is 0.0312. The normalized spacial score (nSPS) is 9.90. The molecule has 21 heavy (non-hydrogen) atoms. The number of aromatic nitrogens is 2. The summed E-state index contributed by atoms with van der Waals surface area (Å²) >= 11 is 0. The Hall–Kier alpha value is -3.21. The van der Waals surface area contributed by atoms with E-state index >= 15 is 0 Å². The van der Waals surface area contributed by atoms with Crippen molar-refractivity contribution in [1.82, 2.24) is 9.78 Å². The van der Waals surface area contributed by atoms with Gasteiger partial charge in [-0.1, -0.05) is 0 Å². The monoisotopic (exact) mass is 288 g/mol. The van der Waals surface area contributed by atoms with Crippen molar-refractivity contribution in [2.24, 2.45) is 0 Å². The molecule has 0 radical (unpaired) electrons. The van der Waals surface area contributed by atoms with Gasteiger partial charge in [0, 0.05) is 11.9 Å². The number of rotatable bonds is 4. The lowest BCUT2D eigenvalue weighted by Gasteiger charge is -2.07. The number of carboxylic acids is 1. The largest absolute Gasteiger partial charge is 0.476 e. The third-order valence-corrected chi connectivity index (χ3v) is 2.53. The van der Waals surface area contributed by atoms with Gasteiger partial charge in [-0.3, -0.25) is 4.79 Å². The summed E-state index contributed by atoms with van der Waals surface area (Å²) in [5.74, 6) is -2.45. The van der Waals surface area contributed by atoms with Gasteiger partial charge in [0.1, 0.15) is 12.1 Å². The van der Waals surface area contributed by atoms with Gasteiger partial charge in [-0.15, -0.1) is 0 Å². The maximum absolute atomic E-state index is 14.0. The van der Waals surface area contributed by atoms with E-state index in [2.05, 4.69) is 10.4 Å². The Morgan fingerprint density at radius 2 is 2.19 bits per heavy atom. The van der Waals surface area contributed by atoms with Gasteiger partial charge >= 0.3 is 5.97 Å². The first kappa shape index (κ1) is 14.2. The molecule has 1 amide bonds. The van der Waals surface area contributed by atoms with Crippen LogP contribution in [0.5, 0.6) is 0 Å². The van der Waals surface area contributed by atoms with Crippen LogP contribution in [0.4, 0.5) is 10.1 Å². The average molecular weight is 288 g/mol. The van der Waals surface area contributed by atoms with Crippen molar-refractivity contribution in [3.63, 3.8) is 0 Å². The lowest BCUT2D eigenvalue weighted by atomic mass is 10.2. The van der Waals surface area contributed by atoms with Gasteiger partial charge in [0.05, 0.1) is 6.07 Å². The number of amides is 1. The molecule has 0 aliphatic carbocycles. The molecule has 1 aromatic heterocycles. The predicted octanol–water partition coefficient (Wildman–Crippen LogP) is 1.56. The summed E-state index contributed by atoms with van der Waals surface area (Å²) in [5, 5.41) is 23.2. The Morgan fingerprint density at radius 3 is 2.76 bits per heavy atom. The number of halogens is 1. The SMILES string of the molecule is N#CCC(=O)Nc1ccc(-n2ccc(C(=O)O)n2)c(F)c1. The summed E-state index contributed by atoms with van der Waals surface area (Å²) in [7, 11) is 0. The molecule has 2 rings (SSSR count). The topological polar surface area (TPSA) is 108 Å². The van der Waals surface area contributed by atoms with Crippen LogP contribution in [-0.2, 0) is 4.79 Å². The van der Waals surface area contributed by atoms with Crippen LogP contribution in [0.1, 0.15) is 16.9 Å². The lowest BCUT2D eigenvalue weighted by Crippen LogP contribution is -2.11. The maximum Gasteiger partial charge on any atom is 0.356 e. The minimum Gasteiger partial charge on any atom is -0.476 e. The fourth-order valence-corrected chi connectivity index (χ4v) is 1.62. The van der Waals surface area contributed by atoms with Crippen molar-refractivity contribution in [2.45, 2.75) is 6.42 Å². The molecular weight excluding hydrogens is 279 g/mol. The molecule has 0 aliphatic heterocycles. The Kier molecular flexibility index (Phi) is 3.95. The molecule has 0 spiro atoms. The highest BCUT2D eigenvalue weighted by atomic mass is 19.1. The van der Waals surface area contributed by atoms with Gasteiger partial charge in [0.25, 0.3) is 0 Å². The summed E-state index contributed by atoms with van der Waals surface area (Å²) < 4.78 is 15.0. The molecule has 2 N–H and O–H groups in total. The molecule has 0 saturated heterocycles. The first-order chi connectivity index (χ1) is 10.0. The van der Waals surface area contributed by atoms with Crippen LogP contribution in [0.3, 0.4) is 0 Å². The van der Waals surface area contributed by atoms with Crippen LogP contribution in [0.15, 0.2) is 30.5 Å². The highest BCUT2D eigenvalue weighted by Gasteiger charge is 2.12. The second-order valence-corrected chi connectivity index (χ2v) is 4.00. The Morgan fingerprint density at radius 1 is 1.43 bits per heavy atom. The van der Waals surface area contributed by atoms with Crippen molar-refractivity contribution in [1.29, 1.82) is 5.26 Å². The zero-order valence-electron chi connectivity index (χ0n) is 10.6. The number of aromatic carboxylic acids is 1. The number of carbonyl (C=O) groups excluding carboxylic acids is 1. The van der Waals surface area contributed by atoms with Crippen LogP contribution < -0.4 is 5.32 Å². The Labute approximate surface area is 118 Å². The number of nitrogens with zero attached hydrogens (tertiary/aromatic N) is 3. The van der Waals surface area contributed by atoms with E-state index in [0.29, 0.717) is 0 Å². The third kappa shape index (κ3) is 3.22. The van der Waals surface area contributed by atoms with Gasteiger partial charge in [-0.05, 0) is 24.3 Å². The van der Waals surface area contributed by atoms with E-state index < -0.39 is 17.7 Å². The molecule has 8 heteroatoms. The van der Waals surface area contributed by atoms with Crippen LogP contribution in [-0.4, -0.2) is 26.8 Å². The quantitative estimate of drug-likeness (QED) is 0.887. The fraction of sp³-hybridized carbons (Fsp3) is 0.0769. The second-order valence-electron chi connectivity index (χ2n) is 4.00. The fourth-order valence-electron chi connectivity index (χ4n) is 1.62. The number of hydrogen-bond acceptors (Lipinski definition) is 4. The van der Waals surface area contributed by atoms with Crippen LogP contribution >= 0.6 is 0 Å². The van der Waals surface area contributed by atoms with Crippen molar-refractivity contribution in [3.05, 3.63) is 42.0 Å². The Bertz CT molecular complexity index is 748. The van der Waals surface area contributed by atoms with Gasteiger partial charge in [0.15, 0.2) is 11.5 Å². The van der Waals surface area contributed by atoms with E-state index in [4.69, 9.17) is 10.4 Å². The van der Waals surface area contributed by atoms with E-state index in [1.54, 1.807) is 6.07 Å². The predicted molar refractivity (Wildman–Crippen MR) is 69.3 cm³/mol. The number of nitriles is 1. The van der Waals surface area contributed by atoms with E-state index in [0.717, 1.165) is 10.7 Å². The molecule has 0 saturated carbocycles. The molecule has 2 aromatic rings. The second kappa shape index (κ2) is 5.83. The summed E-state index contributed by atoms with van der Waals surface area (Å²) in [6, 6.07) is 6.75. The van der Waals surface area contributed by atoms with Gasteiger partial charge in [-0.2, -0.15) is 10.4 Å². The molecule has 1 heterocycles. The minimum absolute atomic E-state index is 0.0424. The highest BCUT2D eigenvalue weighted by molar-refractivity contribution is 5.92. The van der Waals surface area contributed by atoms with E-state index in [1.165, 1.54) is 24.4 Å². The number of anilines is 1. The minimum atomic E-state index is -1.21. The Balaban J connectivity index is 2.24. The molecule has 0 unspecified atom stereocenters. The van der Waals surface area contributed by atoms with Gasteiger partial charge in [0.2, 0.25) is 5.91 Å². The molecule has 106 valence electrons. The highest BCUT2D eigenvalue weighted by Crippen LogP contribution is 2.18. The number of carboxylic acid groups (broad SMARTS) is 1. The number of hydrogen-bond donors (Lipinski definition) is 2. The molecule has 0 fully saturated rings. The zero-order valence-corrected chi connectivity index (χ0v) is 10.6. The number of carbonyl (C=O) groups is 2. The van der Waals surface area contributed by atoms with Crippen LogP contribution in [0.25, 0.3) is 5.69 Å². The van der Waals surface area contributed by atoms with E-state index in [-0.39, 0.29) is 23.5 Å². The van der Waals surface area contributed by atoms with Gasteiger partial charge in [-0.25, -0.2) is 13.9 Å². The van der Waals surface area contributed by atoms with E-state index in [9.17, 15) is 14.0 Å². The lowest BCUT2D eigenvalue weighted by molar-refractivity contribution is -0.115. The summed E-state index contributed by atoms with van der Waals surface area (Å²) in [4.78, 5) is 21.9. The van der Waals surface area contributed by atoms with Crippen molar-refractivity contribution in [3.8, 4) is 11.8 Å². The molecule has 0 aliphatic rings. The average Bonchev–Trinajstić information content (AvgIpc) is 2.88. The number of benzene rings is 1. The van der Waals surface area contributed by atoms with Gasteiger partial charge < -0.3 is 10.4 Å². The first-order valence-electron chi connectivity index (χ1n) is 5.77. The van der Waals surface area contributed by atoms with Crippen molar-refractivity contribution in [2.75, 3.05) is 5.32 Å². The molecule has 0 bridgehead atoms. The molecular formula is C13H9FN4O3. The zero-order chi connectivity index (χ0) is 15.4. The third-order valence-electron chi connectivity index (χ3n) is 2.53. The van der Waals surface area contributed by atoms with Crippen LogP contribution in [0.2, 0.25) is 0 Å². The smallest absolute Gasteiger partial charge is 0.356 e. The standard InChI is InChI=1S/C13H9FN4O3/c14-9-7-8(16-12(19)3-5-15)1-2-11(9)18-6-4-10(17-18)13(20)21/h1-2,4,6-7H,3H2,(H,16,19)(H,20,21). The molecule has 0 atom stereocenters. The van der Waals surface area contributed by atoms with E-state index in [1.807, 2.05) is 0 Å². The molecule has 1 aromatic carbocycles. The van der Waals surface area contributed by atoms with Crippen LogP contribution in [0, 0.1) is 17.1 Å². The summed E-state index contributed by atoms with van der Waals surface area (Å²) in [6.07, 6.45) is 0.986. The first-order valence-corrected chi connectivity index (χ1v) is 5.77. The number of nitrogens with one attached hydrogen (secondary N) is 1.